The van der Waals surface area contributed by atoms with E-state index in [2.05, 4.69) is 57.9 Å². The van der Waals surface area contributed by atoms with Gasteiger partial charge < -0.3 is 4.74 Å². The zero-order valence-corrected chi connectivity index (χ0v) is 17.7. The van der Waals surface area contributed by atoms with Gasteiger partial charge in [-0.15, -0.1) is 11.3 Å². The van der Waals surface area contributed by atoms with Crippen molar-refractivity contribution < 1.29 is 9.53 Å². The maximum atomic E-state index is 12.8. The Labute approximate surface area is 176 Å². The smallest absolute Gasteiger partial charge is 0.327 e. The molecule has 0 amide bonds. The molecule has 4 rings (SSSR count). The maximum Gasteiger partial charge on any atom is 0.327 e. The van der Waals surface area contributed by atoms with Crippen molar-refractivity contribution >= 4 is 28.3 Å². The van der Waals surface area contributed by atoms with E-state index in [9.17, 15) is 9.59 Å². The number of carbonyl (C=O) groups is 1. The summed E-state index contributed by atoms with van der Waals surface area (Å²) in [6.45, 7) is 4.54. The number of fused-ring (bicyclic) bond motifs is 1. The van der Waals surface area contributed by atoms with Gasteiger partial charge in [0.1, 0.15) is 23.3 Å². The van der Waals surface area contributed by atoms with Gasteiger partial charge in [-0.1, -0.05) is 38.1 Å². The molecule has 1 aromatic carbocycles. The molecule has 30 heavy (non-hydrogen) atoms. The number of carbonyl (C=O) groups excluding carboxylic acids is 1. The molecule has 0 saturated carbocycles. The van der Waals surface area contributed by atoms with Gasteiger partial charge in [0.25, 0.3) is 5.56 Å². The number of thiazole rings is 1. The van der Waals surface area contributed by atoms with E-state index in [1.807, 2.05) is 5.38 Å². The van der Waals surface area contributed by atoms with Crippen molar-refractivity contribution in [1.82, 2.24) is 24.3 Å². The predicted molar refractivity (Wildman–Crippen MR) is 115 cm³/mol. The molecule has 4 aromatic rings. The van der Waals surface area contributed by atoms with Crippen LogP contribution in [-0.4, -0.2) is 37.4 Å². The number of methoxy groups -OCH3 is 1. The summed E-state index contributed by atoms with van der Waals surface area (Å²) < 4.78 is 7.49. The number of rotatable bonds is 6. The van der Waals surface area contributed by atoms with Crippen LogP contribution in [0.2, 0.25) is 0 Å². The lowest BCUT2D eigenvalue weighted by molar-refractivity contribution is -0.141. The molecule has 3 heterocycles. The summed E-state index contributed by atoms with van der Waals surface area (Å²) in [5.74, 6) is 0.0274. The molecule has 0 bridgehead atoms. The van der Waals surface area contributed by atoms with Crippen LogP contribution in [0.25, 0.3) is 21.6 Å². The highest BCUT2D eigenvalue weighted by Crippen LogP contribution is 2.26. The fourth-order valence-corrected chi connectivity index (χ4v) is 3.93. The van der Waals surface area contributed by atoms with Crippen molar-refractivity contribution in [2.75, 3.05) is 7.11 Å². The van der Waals surface area contributed by atoms with Gasteiger partial charge in [0.05, 0.1) is 25.5 Å². The van der Waals surface area contributed by atoms with E-state index in [4.69, 9.17) is 0 Å². The topological polar surface area (TPSA) is 91.9 Å². The first-order valence-electron chi connectivity index (χ1n) is 9.48. The van der Waals surface area contributed by atoms with Crippen LogP contribution in [0.5, 0.6) is 0 Å². The summed E-state index contributed by atoms with van der Waals surface area (Å²) in [6, 6.07) is 8.39. The number of hydrogen-bond acceptors (Lipinski definition) is 7. The van der Waals surface area contributed by atoms with Crippen LogP contribution in [0.3, 0.4) is 0 Å². The molecule has 0 aliphatic carbocycles. The Morgan fingerprint density at radius 3 is 2.70 bits per heavy atom. The lowest BCUT2D eigenvalue weighted by Gasteiger charge is -2.05. The lowest BCUT2D eigenvalue weighted by atomic mass is 10.0. The van der Waals surface area contributed by atoms with Crippen LogP contribution in [-0.2, 0) is 22.6 Å². The Bertz CT molecular complexity index is 1250. The summed E-state index contributed by atoms with van der Waals surface area (Å²) in [5.41, 5.74) is 3.25. The molecule has 0 saturated heterocycles. The van der Waals surface area contributed by atoms with E-state index in [1.165, 1.54) is 34.4 Å². The Kier molecular flexibility index (Phi) is 5.45. The highest BCUT2D eigenvalue weighted by Gasteiger charge is 2.14. The normalized spacial score (nSPS) is 11.3. The predicted octanol–water partition coefficient (Wildman–Crippen LogP) is 3.06. The van der Waals surface area contributed by atoms with E-state index in [0.717, 1.165) is 16.3 Å². The number of esters is 1. The number of benzene rings is 1. The van der Waals surface area contributed by atoms with Gasteiger partial charge in [0.15, 0.2) is 5.65 Å². The van der Waals surface area contributed by atoms with Crippen LogP contribution >= 0.6 is 11.3 Å². The molecular formula is C21H21N5O3S. The van der Waals surface area contributed by atoms with Crippen molar-refractivity contribution in [2.45, 2.75) is 32.9 Å². The Morgan fingerprint density at radius 1 is 1.23 bits per heavy atom. The molecule has 9 heteroatoms. The van der Waals surface area contributed by atoms with E-state index >= 15 is 0 Å². The molecule has 8 nitrogen and oxygen atoms in total. The van der Waals surface area contributed by atoms with Crippen LogP contribution in [0.4, 0.5) is 0 Å². The highest BCUT2D eigenvalue weighted by molar-refractivity contribution is 7.13. The average Bonchev–Trinajstić information content (AvgIpc) is 3.38. The molecule has 0 N–H and O–H groups in total. The van der Waals surface area contributed by atoms with E-state index < -0.39 is 5.97 Å². The first kappa shape index (κ1) is 20.0. The van der Waals surface area contributed by atoms with E-state index in [-0.39, 0.29) is 12.1 Å². The van der Waals surface area contributed by atoms with Crippen molar-refractivity contribution in [3.05, 3.63) is 63.8 Å². The molecular weight excluding hydrogens is 402 g/mol. The maximum absolute atomic E-state index is 12.8. The third-order valence-corrected chi connectivity index (χ3v) is 5.78. The van der Waals surface area contributed by atoms with Crippen LogP contribution in [0, 0.1) is 0 Å². The molecule has 0 aliphatic rings. The number of hydrogen-bond donors (Lipinski definition) is 0. The molecule has 0 radical (unpaired) electrons. The first-order valence-corrected chi connectivity index (χ1v) is 10.4. The zero-order chi connectivity index (χ0) is 21.3. The third-order valence-electron chi connectivity index (χ3n) is 4.84. The Hall–Kier alpha value is -3.33. The van der Waals surface area contributed by atoms with Crippen LogP contribution < -0.4 is 5.56 Å². The molecule has 154 valence electrons. The number of ether oxygens (including phenoxy) is 1. The Balaban J connectivity index is 1.57. The monoisotopic (exact) mass is 423 g/mol. The largest absolute Gasteiger partial charge is 0.468 e. The minimum absolute atomic E-state index is 0.0957. The summed E-state index contributed by atoms with van der Waals surface area (Å²) in [7, 11) is 1.30. The van der Waals surface area contributed by atoms with Gasteiger partial charge in [0.2, 0.25) is 0 Å². The minimum atomic E-state index is -0.456. The van der Waals surface area contributed by atoms with E-state index in [1.54, 1.807) is 11.3 Å². The molecule has 0 fully saturated rings. The van der Waals surface area contributed by atoms with Gasteiger partial charge in [-0.3, -0.25) is 14.2 Å². The highest BCUT2D eigenvalue weighted by atomic mass is 32.1. The van der Waals surface area contributed by atoms with Crippen molar-refractivity contribution in [1.29, 1.82) is 0 Å². The van der Waals surface area contributed by atoms with Gasteiger partial charge in [0, 0.05) is 10.9 Å². The zero-order valence-electron chi connectivity index (χ0n) is 16.9. The van der Waals surface area contributed by atoms with Crippen LogP contribution in [0.15, 0.2) is 47.0 Å². The quantitative estimate of drug-likeness (QED) is 0.443. The SMILES string of the molecule is COC(=O)Cn1ncc2c(=O)n(Cc3csc(-c4ccc(C(C)C)cc4)n3)cnc21. The summed E-state index contributed by atoms with van der Waals surface area (Å²) in [5, 5.41) is 7.29. The number of nitrogens with zero attached hydrogens (tertiary/aromatic N) is 5. The standard InChI is InChI=1S/C21H21N5O3S/c1-13(2)14-4-6-15(7-5-14)20-24-16(11-30-20)9-25-12-22-19-17(21(25)28)8-23-26(19)10-18(27)29-3/h4-8,11-13H,9-10H2,1-3H3. The van der Waals surface area contributed by atoms with Crippen molar-refractivity contribution in [3.63, 3.8) is 0 Å². The van der Waals surface area contributed by atoms with Crippen molar-refractivity contribution in [2.24, 2.45) is 0 Å². The molecule has 0 atom stereocenters. The second-order valence-corrected chi connectivity index (χ2v) is 8.07. The fourth-order valence-electron chi connectivity index (χ4n) is 3.11. The number of aromatic nitrogens is 5. The molecule has 0 spiro atoms. The van der Waals surface area contributed by atoms with E-state index in [0.29, 0.717) is 23.5 Å². The Morgan fingerprint density at radius 2 is 2.00 bits per heavy atom. The van der Waals surface area contributed by atoms with Gasteiger partial charge in [-0.05, 0) is 11.5 Å². The minimum Gasteiger partial charge on any atom is -0.468 e. The summed E-state index contributed by atoms with van der Waals surface area (Å²) >= 11 is 1.54. The summed E-state index contributed by atoms with van der Waals surface area (Å²) in [6.07, 6.45) is 2.88. The van der Waals surface area contributed by atoms with Gasteiger partial charge in [-0.25, -0.2) is 14.6 Å². The molecule has 0 unspecified atom stereocenters. The second kappa shape index (κ2) is 8.19. The lowest BCUT2D eigenvalue weighted by Crippen LogP contribution is -2.21. The molecule has 3 aromatic heterocycles. The van der Waals surface area contributed by atoms with Gasteiger partial charge >= 0.3 is 5.97 Å². The fraction of sp³-hybridized carbons (Fsp3) is 0.286. The average molecular weight is 423 g/mol. The van der Waals surface area contributed by atoms with Crippen molar-refractivity contribution in [3.8, 4) is 10.6 Å². The first-order chi connectivity index (χ1) is 14.5. The molecule has 0 aliphatic heterocycles. The van der Waals surface area contributed by atoms with Crippen LogP contribution in [0.1, 0.15) is 31.0 Å². The summed E-state index contributed by atoms with van der Waals surface area (Å²) in [4.78, 5) is 33.3. The third kappa shape index (κ3) is 3.88. The van der Waals surface area contributed by atoms with Gasteiger partial charge in [-0.2, -0.15) is 5.10 Å². The second-order valence-electron chi connectivity index (χ2n) is 7.21.